The van der Waals surface area contributed by atoms with Crippen LogP contribution in [-0.2, 0) is 0 Å². The van der Waals surface area contributed by atoms with Crippen molar-refractivity contribution in [1.82, 2.24) is 30.6 Å². The Bertz CT molecular complexity index is 1450. The maximum atomic E-state index is 4.50. The van der Waals surface area contributed by atoms with Crippen molar-refractivity contribution in [1.29, 1.82) is 0 Å². The molecule has 0 unspecified atom stereocenters. The van der Waals surface area contributed by atoms with Gasteiger partial charge in [0.1, 0.15) is 11.0 Å². The van der Waals surface area contributed by atoms with E-state index < -0.39 is 0 Å². The summed E-state index contributed by atoms with van der Waals surface area (Å²) >= 11 is 7.12. The van der Waals surface area contributed by atoms with Gasteiger partial charge in [-0.05, 0) is 63.0 Å². The van der Waals surface area contributed by atoms with Gasteiger partial charge in [-0.3, -0.25) is 24.9 Å². The molecule has 4 N–H and O–H groups in total. The van der Waals surface area contributed by atoms with E-state index in [1.807, 2.05) is 31.2 Å². The minimum absolute atomic E-state index is 0.800. The number of aliphatic imine (C=N–C) groups is 2. The fourth-order valence-corrected chi connectivity index (χ4v) is 4.61. The molecule has 10 nitrogen and oxygen atoms in total. The summed E-state index contributed by atoms with van der Waals surface area (Å²) in [4.78, 5) is 26.0. The largest absolute Gasteiger partial charge is 0.354 e. The number of benzene rings is 2. The summed E-state index contributed by atoms with van der Waals surface area (Å²) in [5.74, 6) is 1.60. The van der Waals surface area contributed by atoms with Crippen molar-refractivity contribution >= 4 is 77.2 Å². The average molecular weight is 598 g/mol. The zero-order chi connectivity index (χ0) is 24.2. The van der Waals surface area contributed by atoms with Gasteiger partial charge in [-0.1, -0.05) is 0 Å². The second-order valence-electron chi connectivity index (χ2n) is 7.72. The smallest absolute Gasteiger partial charge is 0.195 e. The number of halogens is 2. The Morgan fingerprint density at radius 2 is 1.31 bits per heavy atom. The topological polar surface area (TPSA) is 124 Å². The molecule has 35 heavy (non-hydrogen) atoms. The van der Waals surface area contributed by atoms with Gasteiger partial charge in [0.15, 0.2) is 11.9 Å². The Hall–Kier alpha value is -3.38. The van der Waals surface area contributed by atoms with Crippen molar-refractivity contribution in [2.24, 2.45) is 9.98 Å². The van der Waals surface area contributed by atoms with Gasteiger partial charge in [0, 0.05) is 31.7 Å². The SMILES string of the molecule is Brc1c(NC2=NCCN2)ccc2nccnc12.Cc1cnc2ccc(NC3=NCCN3)c(Br)c2n1. The molecule has 12 heteroatoms. The molecular formula is C23H22Br2N10. The Labute approximate surface area is 218 Å². The van der Waals surface area contributed by atoms with Gasteiger partial charge in [-0.25, -0.2) is 4.98 Å². The molecule has 0 atom stereocenters. The molecule has 0 bridgehead atoms. The van der Waals surface area contributed by atoms with Crippen molar-refractivity contribution in [3.05, 3.63) is 57.5 Å². The van der Waals surface area contributed by atoms with Crippen LogP contribution in [0.4, 0.5) is 11.4 Å². The molecule has 0 spiro atoms. The number of anilines is 2. The summed E-state index contributed by atoms with van der Waals surface area (Å²) in [6.07, 6.45) is 5.14. The first kappa shape index (κ1) is 23.4. The molecule has 2 aliphatic rings. The average Bonchev–Trinajstić information content (AvgIpc) is 3.58. The van der Waals surface area contributed by atoms with Gasteiger partial charge in [-0.2, -0.15) is 0 Å². The molecule has 0 fully saturated rings. The summed E-state index contributed by atoms with van der Waals surface area (Å²) in [5, 5.41) is 12.8. The van der Waals surface area contributed by atoms with E-state index >= 15 is 0 Å². The summed E-state index contributed by atoms with van der Waals surface area (Å²) in [7, 11) is 0. The van der Waals surface area contributed by atoms with E-state index in [4.69, 9.17) is 0 Å². The van der Waals surface area contributed by atoms with Crippen LogP contribution in [0.3, 0.4) is 0 Å². The van der Waals surface area contributed by atoms with Crippen LogP contribution >= 0.6 is 31.9 Å². The lowest BCUT2D eigenvalue weighted by molar-refractivity contribution is 0.959. The Balaban J connectivity index is 0.000000145. The van der Waals surface area contributed by atoms with Gasteiger partial charge in [0.05, 0.1) is 50.1 Å². The Morgan fingerprint density at radius 1 is 0.743 bits per heavy atom. The normalized spacial score (nSPS) is 14.5. The minimum atomic E-state index is 0.800. The van der Waals surface area contributed by atoms with Crippen LogP contribution in [0.15, 0.2) is 61.8 Å². The number of guanidine groups is 2. The Kier molecular flexibility index (Phi) is 7.00. The van der Waals surface area contributed by atoms with Gasteiger partial charge < -0.3 is 21.3 Å². The number of nitrogens with zero attached hydrogens (tertiary/aromatic N) is 6. The second-order valence-corrected chi connectivity index (χ2v) is 9.31. The number of aromatic nitrogens is 4. The molecule has 4 heterocycles. The molecule has 2 aliphatic heterocycles. The highest BCUT2D eigenvalue weighted by atomic mass is 79.9. The van der Waals surface area contributed by atoms with Crippen molar-refractivity contribution < 1.29 is 0 Å². The fourth-order valence-electron chi connectivity index (χ4n) is 3.55. The van der Waals surface area contributed by atoms with E-state index in [2.05, 4.69) is 83.0 Å². The van der Waals surface area contributed by atoms with E-state index in [0.717, 1.165) is 86.2 Å². The maximum absolute atomic E-state index is 4.50. The van der Waals surface area contributed by atoms with Gasteiger partial charge in [0.25, 0.3) is 0 Å². The van der Waals surface area contributed by atoms with Crippen LogP contribution in [0.25, 0.3) is 22.1 Å². The summed E-state index contributed by atoms with van der Waals surface area (Å²) in [6, 6.07) is 7.82. The first-order valence-electron chi connectivity index (χ1n) is 11.0. The monoisotopic (exact) mass is 596 g/mol. The van der Waals surface area contributed by atoms with Crippen LogP contribution in [0.1, 0.15) is 5.69 Å². The molecule has 0 saturated carbocycles. The number of aryl methyl sites for hydroxylation is 1. The van der Waals surface area contributed by atoms with Crippen molar-refractivity contribution in [2.75, 3.05) is 36.8 Å². The molecule has 6 rings (SSSR count). The maximum Gasteiger partial charge on any atom is 0.195 e. The summed E-state index contributed by atoms with van der Waals surface area (Å²) in [5.41, 5.74) is 6.22. The second kappa shape index (κ2) is 10.5. The van der Waals surface area contributed by atoms with E-state index in [-0.39, 0.29) is 0 Å². The lowest BCUT2D eigenvalue weighted by atomic mass is 10.2. The minimum Gasteiger partial charge on any atom is -0.354 e. The highest BCUT2D eigenvalue weighted by Crippen LogP contribution is 2.30. The van der Waals surface area contributed by atoms with Gasteiger partial charge >= 0.3 is 0 Å². The Morgan fingerprint density at radius 3 is 1.91 bits per heavy atom. The van der Waals surface area contributed by atoms with Crippen molar-refractivity contribution in [3.63, 3.8) is 0 Å². The predicted octanol–water partition coefficient (Wildman–Crippen LogP) is 3.84. The van der Waals surface area contributed by atoms with Crippen LogP contribution < -0.4 is 21.3 Å². The summed E-state index contributed by atoms with van der Waals surface area (Å²) in [6.45, 7) is 5.32. The van der Waals surface area contributed by atoms with E-state index in [1.165, 1.54) is 0 Å². The van der Waals surface area contributed by atoms with E-state index in [1.54, 1.807) is 18.6 Å². The molecule has 0 amide bonds. The van der Waals surface area contributed by atoms with Crippen LogP contribution in [0, 0.1) is 6.92 Å². The summed E-state index contributed by atoms with van der Waals surface area (Å²) < 4.78 is 1.81. The predicted molar refractivity (Wildman–Crippen MR) is 147 cm³/mol. The van der Waals surface area contributed by atoms with Crippen molar-refractivity contribution in [2.45, 2.75) is 6.92 Å². The molecule has 0 saturated heterocycles. The van der Waals surface area contributed by atoms with Gasteiger partial charge in [0.2, 0.25) is 0 Å². The first-order valence-corrected chi connectivity index (χ1v) is 12.6. The number of hydrogen-bond donors (Lipinski definition) is 4. The molecule has 178 valence electrons. The van der Waals surface area contributed by atoms with Crippen LogP contribution in [0.2, 0.25) is 0 Å². The number of hydrogen-bond acceptors (Lipinski definition) is 10. The molecule has 0 radical (unpaired) electrons. The number of rotatable bonds is 2. The molecule has 2 aromatic heterocycles. The molecule has 0 aliphatic carbocycles. The highest BCUT2D eigenvalue weighted by molar-refractivity contribution is 9.11. The molecular weight excluding hydrogens is 576 g/mol. The van der Waals surface area contributed by atoms with E-state index in [9.17, 15) is 0 Å². The lowest BCUT2D eigenvalue weighted by Gasteiger charge is -2.10. The number of fused-ring (bicyclic) bond motifs is 2. The third-order valence-corrected chi connectivity index (χ3v) is 6.81. The first-order chi connectivity index (χ1) is 17.1. The third kappa shape index (κ3) is 5.33. The highest BCUT2D eigenvalue weighted by Gasteiger charge is 2.12. The van der Waals surface area contributed by atoms with Crippen LogP contribution in [0.5, 0.6) is 0 Å². The van der Waals surface area contributed by atoms with Gasteiger partial charge in [-0.15, -0.1) is 0 Å². The van der Waals surface area contributed by atoms with E-state index in [0.29, 0.717) is 0 Å². The number of nitrogens with one attached hydrogen (secondary N) is 4. The van der Waals surface area contributed by atoms with Crippen LogP contribution in [-0.4, -0.2) is 58.0 Å². The zero-order valence-corrected chi connectivity index (χ0v) is 22.0. The molecule has 2 aromatic carbocycles. The fraction of sp³-hybridized carbons (Fsp3) is 0.217. The third-order valence-electron chi connectivity index (χ3n) is 5.21. The molecule has 4 aromatic rings. The lowest BCUT2D eigenvalue weighted by Crippen LogP contribution is -2.26. The quantitative estimate of drug-likeness (QED) is 0.275. The zero-order valence-electron chi connectivity index (χ0n) is 18.8. The van der Waals surface area contributed by atoms with Crippen molar-refractivity contribution in [3.8, 4) is 0 Å². The standard InChI is InChI=1S/C12H12BrN5.C11H10BrN5/c1-7-6-16-9-3-2-8(10(13)11(9)17-7)18-12-14-4-5-15-12;12-9-7(17-11-15-5-6-16-11)1-2-8-10(9)14-4-3-13-8/h2-3,6H,4-5H2,1H3,(H2,14,15,18);1-4H,5-6H2,(H2,15,16,17).